The summed E-state index contributed by atoms with van der Waals surface area (Å²) in [5, 5.41) is 0. The quantitative estimate of drug-likeness (QED) is 0.857. The van der Waals surface area contributed by atoms with Gasteiger partial charge in [0.1, 0.15) is 5.75 Å². The van der Waals surface area contributed by atoms with Crippen LogP contribution < -0.4 is 9.64 Å². The standard InChI is InChI=1S/C18H26N2O2/c1-14(2)22-17-8-6-16(7-9-17)19-10-12-20(13-11-19)18(21)15-4-3-5-15/h6-9,14-15H,3-5,10-13H2,1-2H3. The lowest BCUT2D eigenvalue weighted by Gasteiger charge is -2.39. The van der Waals surface area contributed by atoms with Crippen LogP contribution in [0, 0.1) is 5.92 Å². The largest absolute Gasteiger partial charge is 0.491 e. The summed E-state index contributed by atoms with van der Waals surface area (Å²) in [5.41, 5.74) is 1.21. The molecule has 1 saturated carbocycles. The van der Waals surface area contributed by atoms with Crippen LogP contribution in [0.15, 0.2) is 24.3 Å². The molecule has 4 heteroatoms. The summed E-state index contributed by atoms with van der Waals surface area (Å²) in [6.45, 7) is 7.60. The monoisotopic (exact) mass is 302 g/mol. The molecule has 120 valence electrons. The average molecular weight is 302 g/mol. The van der Waals surface area contributed by atoms with Gasteiger partial charge >= 0.3 is 0 Å². The number of piperazine rings is 1. The van der Waals surface area contributed by atoms with E-state index in [9.17, 15) is 4.79 Å². The number of anilines is 1. The molecule has 1 amide bonds. The Morgan fingerprint density at radius 1 is 1.09 bits per heavy atom. The molecule has 1 aromatic rings. The third-order valence-electron chi connectivity index (χ3n) is 4.62. The molecule has 0 unspecified atom stereocenters. The highest BCUT2D eigenvalue weighted by Crippen LogP contribution is 2.29. The lowest BCUT2D eigenvalue weighted by Crippen LogP contribution is -2.51. The second kappa shape index (κ2) is 6.59. The van der Waals surface area contributed by atoms with Crippen LogP contribution in [-0.4, -0.2) is 43.1 Å². The molecule has 0 aromatic heterocycles. The van der Waals surface area contributed by atoms with E-state index in [1.807, 2.05) is 26.0 Å². The van der Waals surface area contributed by atoms with Crippen molar-refractivity contribution in [1.29, 1.82) is 0 Å². The Hall–Kier alpha value is -1.71. The van der Waals surface area contributed by atoms with E-state index in [2.05, 4.69) is 21.9 Å². The summed E-state index contributed by atoms with van der Waals surface area (Å²) < 4.78 is 5.68. The molecule has 0 N–H and O–H groups in total. The van der Waals surface area contributed by atoms with Crippen LogP contribution >= 0.6 is 0 Å². The maximum Gasteiger partial charge on any atom is 0.225 e. The van der Waals surface area contributed by atoms with Crippen molar-refractivity contribution in [1.82, 2.24) is 4.90 Å². The van der Waals surface area contributed by atoms with Gasteiger partial charge in [0, 0.05) is 37.8 Å². The molecule has 0 spiro atoms. The number of carbonyl (C=O) groups excluding carboxylic acids is 1. The SMILES string of the molecule is CC(C)Oc1ccc(N2CCN(C(=O)C3CCC3)CC2)cc1. The van der Waals surface area contributed by atoms with Gasteiger partial charge in [0.25, 0.3) is 0 Å². The van der Waals surface area contributed by atoms with E-state index >= 15 is 0 Å². The predicted octanol–water partition coefficient (Wildman–Crippen LogP) is 2.92. The van der Waals surface area contributed by atoms with Crippen LogP contribution in [-0.2, 0) is 4.79 Å². The van der Waals surface area contributed by atoms with Crippen molar-refractivity contribution in [3.8, 4) is 5.75 Å². The minimum absolute atomic E-state index is 0.201. The highest BCUT2D eigenvalue weighted by molar-refractivity contribution is 5.79. The fourth-order valence-corrected chi connectivity index (χ4v) is 3.11. The van der Waals surface area contributed by atoms with Crippen molar-refractivity contribution >= 4 is 11.6 Å². The van der Waals surface area contributed by atoms with Crippen LogP contribution in [0.25, 0.3) is 0 Å². The zero-order valence-electron chi connectivity index (χ0n) is 13.6. The molecule has 0 atom stereocenters. The van der Waals surface area contributed by atoms with Gasteiger partial charge in [0.15, 0.2) is 0 Å². The Morgan fingerprint density at radius 3 is 2.23 bits per heavy atom. The zero-order chi connectivity index (χ0) is 15.5. The van der Waals surface area contributed by atoms with Crippen molar-refractivity contribution in [2.24, 2.45) is 5.92 Å². The predicted molar refractivity (Wildman–Crippen MR) is 88.3 cm³/mol. The van der Waals surface area contributed by atoms with Crippen molar-refractivity contribution < 1.29 is 9.53 Å². The number of hydrogen-bond acceptors (Lipinski definition) is 3. The zero-order valence-corrected chi connectivity index (χ0v) is 13.6. The highest BCUT2D eigenvalue weighted by Gasteiger charge is 2.31. The van der Waals surface area contributed by atoms with Crippen LogP contribution in [0.3, 0.4) is 0 Å². The fraction of sp³-hybridized carbons (Fsp3) is 0.611. The summed E-state index contributed by atoms with van der Waals surface area (Å²) in [4.78, 5) is 16.7. The van der Waals surface area contributed by atoms with Gasteiger partial charge in [-0.1, -0.05) is 6.42 Å². The summed E-state index contributed by atoms with van der Waals surface area (Å²) in [6, 6.07) is 8.28. The molecule has 4 nitrogen and oxygen atoms in total. The average Bonchev–Trinajstić information content (AvgIpc) is 2.46. The lowest BCUT2D eigenvalue weighted by atomic mass is 9.84. The summed E-state index contributed by atoms with van der Waals surface area (Å²) >= 11 is 0. The molecule has 1 heterocycles. The molecule has 1 aromatic carbocycles. The Bertz CT molecular complexity index is 500. The second-order valence-electron chi connectivity index (χ2n) is 6.60. The van der Waals surface area contributed by atoms with Crippen LogP contribution in [0.1, 0.15) is 33.1 Å². The van der Waals surface area contributed by atoms with E-state index in [1.54, 1.807) is 0 Å². The van der Waals surface area contributed by atoms with Crippen molar-refractivity contribution in [3.05, 3.63) is 24.3 Å². The maximum atomic E-state index is 12.3. The van der Waals surface area contributed by atoms with Gasteiger partial charge in [-0.15, -0.1) is 0 Å². The molecule has 3 rings (SSSR count). The number of nitrogens with zero attached hydrogens (tertiary/aromatic N) is 2. The first-order valence-electron chi connectivity index (χ1n) is 8.44. The number of rotatable bonds is 4. The number of hydrogen-bond donors (Lipinski definition) is 0. The number of carbonyl (C=O) groups is 1. The Morgan fingerprint density at radius 2 is 1.73 bits per heavy atom. The first-order chi connectivity index (χ1) is 10.6. The van der Waals surface area contributed by atoms with E-state index < -0.39 is 0 Å². The molecule has 0 bridgehead atoms. The Kier molecular flexibility index (Phi) is 4.55. The Balaban J connectivity index is 1.53. The number of benzene rings is 1. The van der Waals surface area contributed by atoms with Gasteiger partial charge in [-0.05, 0) is 51.0 Å². The summed E-state index contributed by atoms with van der Waals surface area (Å²) in [7, 11) is 0. The topological polar surface area (TPSA) is 32.8 Å². The minimum atomic E-state index is 0.201. The lowest BCUT2D eigenvalue weighted by molar-refractivity contribution is -0.138. The van der Waals surface area contributed by atoms with Gasteiger partial charge in [-0.25, -0.2) is 0 Å². The van der Waals surface area contributed by atoms with Gasteiger partial charge < -0.3 is 14.5 Å². The normalized spacial score (nSPS) is 19.2. The molecule has 1 aliphatic heterocycles. The molecule has 2 aliphatic rings. The highest BCUT2D eigenvalue weighted by atomic mass is 16.5. The van der Waals surface area contributed by atoms with Gasteiger partial charge in [-0.3, -0.25) is 4.79 Å². The van der Waals surface area contributed by atoms with E-state index in [4.69, 9.17) is 4.74 Å². The Labute approximate surface area is 133 Å². The van der Waals surface area contributed by atoms with E-state index in [1.165, 1.54) is 12.1 Å². The van der Waals surface area contributed by atoms with Crippen LogP contribution in [0.5, 0.6) is 5.75 Å². The molecule has 0 radical (unpaired) electrons. The van der Waals surface area contributed by atoms with Crippen molar-refractivity contribution in [2.75, 3.05) is 31.1 Å². The molecular formula is C18H26N2O2. The molecule has 22 heavy (non-hydrogen) atoms. The fourth-order valence-electron chi connectivity index (χ4n) is 3.11. The second-order valence-corrected chi connectivity index (χ2v) is 6.60. The van der Waals surface area contributed by atoms with Crippen LogP contribution in [0.2, 0.25) is 0 Å². The van der Waals surface area contributed by atoms with Gasteiger partial charge in [0.2, 0.25) is 5.91 Å². The van der Waals surface area contributed by atoms with Gasteiger partial charge in [0.05, 0.1) is 6.10 Å². The number of amides is 1. The van der Waals surface area contributed by atoms with Crippen molar-refractivity contribution in [2.45, 2.75) is 39.2 Å². The minimum Gasteiger partial charge on any atom is -0.491 e. The summed E-state index contributed by atoms with van der Waals surface area (Å²) in [6.07, 6.45) is 3.61. The molecule has 2 fully saturated rings. The summed E-state index contributed by atoms with van der Waals surface area (Å²) in [5.74, 6) is 1.61. The molecule has 1 saturated heterocycles. The first kappa shape index (κ1) is 15.2. The third-order valence-corrected chi connectivity index (χ3v) is 4.62. The molecular weight excluding hydrogens is 276 g/mol. The van der Waals surface area contributed by atoms with Crippen LogP contribution in [0.4, 0.5) is 5.69 Å². The smallest absolute Gasteiger partial charge is 0.225 e. The van der Waals surface area contributed by atoms with E-state index in [0.29, 0.717) is 11.8 Å². The third kappa shape index (κ3) is 3.37. The number of ether oxygens (including phenoxy) is 1. The van der Waals surface area contributed by atoms with Gasteiger partial charge in [-0.2, -0.15) is 0 Å². The van der Waals surface area contributed by atoms with Crippen molar-refractivity contribution in [3.63, 3.8) is 0 Å². The maximum absolute atomic E-state index is 12.3. The first-order valence-corrected chi connectivity index (χ1v) is 8.44. The molecule has 1 aliphatic carbocycles. The van der Waals surface area contributed by atoms with E-state index in [-0.39, 0.29) is 6.10 Å². The van der Waals surface area contributed by atoms with E-state index in [0.717, 1.165) is 44.8 Å².